The minimum Gasteiger partial charge on any atom is -0.314 e. The minimum absolute atomic E-state index is 0.794. The summed E-state index contributed by atoms with van der Waals surface area (Å²) < 4.78 is 0. The predicted molar refractivity (Wildman–Crippen MR) is 55.8 cm³/mol. The van der Waals surface area contributed by atoms with Gasteiger partial charge in [0.1, 0.15) is 0 Å². The SMILES string of the molecule is CC1CNC(CCNC2CCC2)C1. The molecule has 1 saturated heterocycles. The van der Waals surface area contributed by atoms with E-state index in [4.69, 9.17) is 0 Å². The number of nitrogens with one attached hydrogen (secondary N) is 2. The lowest BCUT2D eigenvalue weighted by molar-refractivity contribution is 0.332. The number of hydrogen-bond donors (Lipinski definition) is 2. The molecular formula is C11H22N2. The van der Waals surface area contributed by atoms with Crippen LogP contribution >= 0.6 is 0 Å². The highest BCUT2D eigenvalue weighted by molar-refractivity contribution is 4.81. The second kappa shape index (κ2) is 4.43. The second-order valence-electron chi connectivity index (χ2n) is 4.82. The minimum atomic E-state index is 0.794. The standard InChI is InChI=1S/C11H22N2/c1-9-7-11(13-8-9)5-6-12-10-3-2-4-10/h9-13H,2-8H2,1H3. The van der Waals surface area contributed by atoms with Crippen molar-refractivity contribution in [3.8, 4) is 0 Å². The second-order valence-corrected chi connectivity index (χ2v) is 4.82. The van der Waals surface area contributed by atoms with Gasteiger partial charge in [-0.3, -0.25) is 0 Å². The Bertz CT molecular complexity index is 154. The highest BCUT2D eigenvalue weighted by Gasteiger charge is 2.21. The molecule has 2 heteroatoms. The summed E-state index contributed by atoms with van der Waals surface area (Å²) in [6.07, 6.45) is 6.96. The molecule has 76 valence electrons. The van der Waals surface area contributed by atoms with Gasteiger partial charge in [0.05, 0.1) is 0 Å². The zero-order chi connectivity index (χ0) is 9.10. The zero-order valence-corrected chi connectivity index (χ0v) is 8.68. The van der Waals surface area contributed by atoms with Crippen LogP contribution in [0.5, 0.6) is 0 Å². The van der Waals surface area contributed by atoms with Crippen molar-refractivity contribution in [2.45, 2.75) is 51.1 Å². The third kappa shape index (κ3) is 2.68. The van der Waals surface area contributed by atoms with Gasteiger partial charge in [0.15, 0.2) is 0 Å². The van der Waals surface area contributed by atoms with E-state index in [1.165, 1.54) is 45.2 Å². The molecule has 2 N–H and O–H groups in total. The maximum absolute atomic E-state index is 3.62. The molecule has 1 heterocycles. The van der Waals surface area contributed by atoms with E-state index in [9.17, 15) is 0 Å². The maximum Gasteiger partial charge on any atom is 0.00822 e. The quantitative estimate of drug-likeness (QED) is 0.689. The Labute approximate surface area is 81.5 Å². The van der Waals surface area contributed by atoms with Crippen molar-refractivity contribution in [2.24, 2.45) is 5.92 Å². The fourth-order valence-corrected chi connectivity index (χ4v) is 2.31. The molecule has 1 aliphatic heterocycles. The summed E-state index contributed by atoms with van der Waals surface area (Å²) >= 11 is 0. The van der Waals surface area contributed by atoms with Crippen LogP contribution in [0.15, 0.2) is 0 Å². The zero-order valence-electron chi connectivity index (χ0n) is 8.68. The maximum atomic E-state index is 3.62. The van der Waals surface area contributed by atoms with Crippen molar-refractivity contribution in [3.63, 3.8) is 0 Å². The van der Waals surface area contributed by atoms with Crippen LogP contribution in [-0.4, -0.2) is 25.2 Å². The van der Waals surface area contributed by atoms with Gasteiger partial charge in [-0.25, -0.2) is 0 Å². The Balaban J connectivity index is 1.52. The molecule has 1 saturated carbocycles. The third-order valence-corrected chi connectivity index (χ3v) is 3.47. The van der Waals surface area contributed by atoms with E-state index in [-0.39, 0.29) is 0 Å². The topological polar surface area (TPSA) is 24.1 Å². The highest BCUT2D eigenvalue weighted by atomic mass is 15.0. The van der Waals surface area contributed by atoms with E-state index in [0.717, 1.165) is 18.0 Å². The van der Waals surface area contributed by atoms with Gasteiger partial charge in [0.25, 0.3) is 0 Å². The molecule has 2 nitrogen and oxygen atoms in total. The fraction of sp³-hybridized carbons (Fsp3) is 1.00. The van der Waals surface area contributed by atoms with Gasteiger partial charge < -0.3 is 10.6 Å². The van der Waals surface area contributed by atoms with Crippen molar-refractivity contribution in [1.82, 2.24) is 10.6 Å². The van der Waals surface area contributed by atoms with Gasteiger partial charge in [-0.15, -0.1) is 0 Å². The number of rotatable bonds is 4. The van der Waals surface area contributed by atoms with Crippen molar-refractivity contribution < 1.29 is 0 Å². The van der Waals surface area contributed by atoms with E-state index in [1.54, 1.807) is 0 Å². The Hall–Kier alpha value is -0.0800. The first-order valence-corrected chi connectivity index (χ1v) is 5.81. The molecule has 0 radical (unpaired) electrons. The van der Waals surface area contributed by atoms with E-state index in [0.29, 0.717) is 0 Å². The monoisotopic (exact) mass is 182 g/mol. The molecule has 13 heavy (non-hydrogen) atoms. The molecular weight excluding hydrogens is 160 g/mol. The molecule has 0 aromatic rings. The molecule has 2 atom stereocenters. The summed E-state index contributed by atoms with van der Waals surface area (Å²) in [6.45, 7) is 4.79. The normalized spacial score (nSPS) is 34.8. The van der Waals surface area contributed by atoms with Crippen LogP contribution in [0.1, 0.15) is 39.0 Å². The van der Waals surface area contributed by atoms with Gasteiger partial charge in [0, 0.05) is 12.1 Å². The lowest BCUT2D eigenvalue weighted by Gasteiger charge is -2.27. The fourth-order valence-electron chi connectivity index (χ4n) is 2.31. The summed E-state index contributed by atoms with van der Waals surface area (Å²) in [5, 5.41) is 7.20. The van der Waals surface area contributed by atoms with Crippen molar-refractivity contribution >= 4 is 0 Å². The summed E-state index contributed by atoms with van der Waals surface area (Å²) in [4.78, 5) is 0. The molecule has 0 bridgehead atoms. The summed E-state index contributed by atoms with van der Waals surface area (Å²) in [5.74, 6) is 0.897. The average molecular weight is 182 g/mol. The van der Waals surface area contributed by atoms with E-state index >= 15 is 0 Å². The number of hydrogen-bond acceptors (Lipinski definition) is 2. The van der Waals surface area contributed by atoms with Gasteiger partial charge in [0.2, 0.25) is 0 Å². The highest BCUT2D eigenvalue weighted by Crippen LogP contribution is 2.19. The van der Waals surface area contributed by atoms with E-state index < -0.39 is 0 Å². The molecule has 0 aromatic carbocycles. The molecule has 2 fully saturated rings. The van der Waals surface area contributed by atoms with E-state index in [1.807, 2.05) is 0 Å². The first-order chi connectivity index (χ1) is 6.34. The summed E-state index contributed by atoms with van der Waals surface area (Å²) in [5.41, 5.74) is 0. The van der Waals surface area contributed by atoms with Gasteiger partial charge in [-0.05, 0) is 44.7 Å². The van der Waals surface area contributed by atoms with Crippen LogP contribution in [0.3, 0.4) is 0 Å². The molecule has 1 aliphatic carbocycles. The van der Waals surface area contributed by atoms with E-state index in [2.05, 4.69) is 17.6 Å². The van der Waals surface area contributed by atoms with Crippen LogP contribution in [0.25, 0.3) is 0 Å². The predicted octanol–water partition coefficient (Wildman–Crippen LogP) is 1.52. The molecule has 2 unspecified atom stereocenters. The third-order valence-electron chi connectivity index (χ3n) is 3.47. The lowest BCUT2D eigenvalue weighted by Crippen LogP contribution is -2.37. The smallest absolute Gasteiger partial charge is 0.00822 e. The summed E-state index contributed by atoms with van der Waals surface area (Å²) in [6, 6.07) is 1.65. The Morgan fingerprint density at radius 1 is 1.38 bits per heavy atom. The van der Waals surface area contributed by atoms with Crippen LogP contribution in [0, 0.1) is 5.92 Å². The molecule has 2 rings (SSSR count). The first kappa shape index (κ1) is 9.47. The lowest BCUT2D eigenvalue weighted by atomic mass is 9.93. The van der Waals surface area contributed by atoms with Gasteiger partial charge in [-0.1, -0.05) is 13.3 Å². The van der Waals surface area contributed by atoms with Crippen molar-refractivity contribution in [1.29, 1.82) is 0 Å². The Morgan fingerprint density at radius 2 is 2.23 bits per heavy atom. The molecule has 2 aliphatic rings. The van der Waals surface area contributed by atoms with Crippen molar-refractivity contribution in [2.75, 3.05) is 13.1 Å². The van der Waals surface area contributed by atoms with Crippen LogP contribution < -0.4 is 10.6 Å². The Morgan fingerprint density at radius 3 is 2.77 bits per heavy atom. The van der Waals surface area contributed by atoms with Crippen molar-refractivity contribution in [3.05, 3.63) is 0 Å². The Kier molecular flexibility index (Phi) is 3.23. The van der Waals surface area contributed by atoms with Gasteiger partial charge in [-0.2, -0.15) is 0 Å². The van der Waals surface area contributed by atoms with Crippen LogP contribution in [0.4, 0.5) is 0 Å². The summed E-state index contributed by atoms with van der Waals surface area (Å²) in [7, 11) is 0. The largest absolute Gasteiger partial charge is 0.314 e. The molecule has 0 spiro atoms. The average Bonchev–Trinajstić information content (AvgIpc) is 2.42. The van der Waals surface area contributed by atoms with Crippen LogP contribution in [0.2, 0.25) is 0 Å². The first-order valence-electron chi connectivity index (χ1n) is 5.81. The van der Waals surface area contributed by atoms with Crippen LogP contribution in [-0.2, 0) is 0 Å². The van der Waals surface area contributed by atoms with Gasteiger partial charge >= 0.3 is 0 Å². The molecule has 0 aromatic heterocycles. The molecule has 0 amide bonds.